The van der Waals surface area contributed by atoms with Gasteiger partial charge in [-0.25, -0.2) is 0 Å². The van der Waals surface area contributed by atoms with Crippen LogP contribution < -0.4 is 15.4 Å². The molecular formula is C16H23BrN2O3. The number of carbonyl (C=O) groups excluding carboxylic acids is 1. The molecular weight excluding hydrogens is 348 g/mol. The second-order valence-corrected chi connectivity index (χ2v) is 6.44. The molecule has 2 N–H and O–H groups in total. The Morgan fingerprint density at radius 3 is 2.86 bits per heavy atom. The average Bonchev–Trinajstić information content (AvgIpc) is 2.52. The van der Waals surface area contributed by atoms with Gasteiger partial charge < -0.3 is 20.1 Å². The molecule has 1 aromatic carbocycles. The number of nitrogens with one attached hydrogen (secondary N) is 2. The fourth-order valence-electron chi connectivity index (χ4n) is 2.70. The number of methoxy groups -OCH3 is 1. The van der Waals surface area contributed by atoms with Gasteiger partial charge in [0.2, 0.25) is 5.91 Å². The van der Waals surface area contributed by atoms with Crippen molar-refractivity contribution in [1.82, 2.24) is 10.6 Å². The van der Waals surface area contributed by atoms with Gasteiger partial charge in [-0.2, -0.15) is 0 Å². The van der Waals surface area contributed by atoms with Crippen LogP contribution in [0.5, 0.6) is 5.75 Å². The molecule has 0 radical (unpaired) electrons. The normalized spacial score (nSPS) is 17.0. The minimum atomic E-state index is -0.407. The SMILES string of the molecule is COCC1(C(=O)NCCOc2cccc(Br)c2)CCNCC1. The van der Waals surface area contributed by atoms with Crippen LogP contribution in [-0.4, -0.2) is 45.9 Å². The number of carbonyl (C=O) groups is 1. The van der Waals surface area contributed by atoms with Crippen LogP contribution in [0.2, 0.25) is 0 Å². The van der Waals surface area contributed by atoms with Crippen LogP contribution in [0.15, 0.2) is 28.7 Å². The third-order valence-electron chi connectivity index (χ3n) is 3.92. The number of rotatable bonds is 7. The van der Waals surface area contributed by atoms with Crippen molar-refractivity contribution >= 4 is 21.8 Å². The first-order valence-electron chi connectivity index (χ1n) is 7.53. The number of ether oxygens (including phenoxy) is 2. The topological polar surface area (TPSA) is 59.6 Å². The molecule has 0 aliphatic carbocycles. The number of halogens is 1. The largest absolute Gasteiger partial charge is 0.492 e. The minimum Gasteiger partial charge on any atom is -0.492 e. The van der Waals surface area contributed by atoms with Gasteiger partial charge in [-0.15, -0.1) is 0 Å². The standard InChI is InChI=1S/C16H23BrN2O3/c1-21-12-16(5-7-18-8-6-16)15(20)19-9-10-22-14-4-2-3-13(17)11-14/h2-4,11,18H,5-10,12H2,1H3,(H,19,20). The first-order valence-corrected chi connectivity index (χ1v) is 8.32. The van der Waals surface area contributed by atoms with Crippen molar-refractivity contribution in [3.05, 3.63) is 28.7 Å². The van der Waals surface area contributed by atoms with E-state index >= 15 is 0 Å². The molecule has 1 saturated heterocycles. The Kier molecular flexibility index (Phi) is 6.67. The van der Waals surface area contributed by atoms with Crippen LogP contribution in [0, 0.1) is 5.41 Å². The maximum atomic E-state index is 12.5. The zero-order valence-electron chi connectivity index (χ0n) is 12.9. The van der Waals surface area contributed by atoms with Crippen molar-refractivity contribution < 1.29 is 14.3 Å². The highest BCUT2D eigenvalue weighted by atomic mass is 79.9. The summed E-state index contributed by atoms with van der Waals surface area (Å²) in [5.41, 5.74) is -0.407. The van der Waals surface area contributed by atoms with Crippen molar-refractivity contribution in [3.8, 4) is 5.75 Å². The Hall–Kier alpha value is -1.11. The molecule has 0 saturated carbocycles. The van der Waals surface area contributed by atoms with Crippen LogP contribution in [0.4, 0.5) is 0 Å². The third kappa shape index (κ3) is 4.69. The molecule has 1 heterocycles. The third-order valence-corrected chi connectivity index (χ3v) is 4.41. The van der Waals surface area contributed by atoms with Gasteiger partial charge in [0.05, 0.1) is 18.6 Å². The predicted octanol–water partition coefficient (Wildman–Crippen LogP) is 1.96. The first kappa shape index (κ1) is 17.2. The number of piperidine rings is 1. The Balaban J connectivity index is 1.78. The van der Waals surface area contributed by atoms with Gasteiger partial charge >= 0.3 is 0 Å². The first-order chi connectivity index (χ1) is 10.7. The maximum Gasteiger partial charge on any atom is 0.228 e. The molecule has 122 valence electrons. The van der Waals surface area contributed by atoms with E-state index in [1.807, 2.05) is 24.3 Å². The van der Waals surface area contributed by atoms with E-state index in [-0.39, 0.29) is 5.91 Å². The molecule has 22 heavy (non-hydrogen) atoms. The molecule has 1 aromatic rings. The van der Waals surface area contributed by atoms with E-state index in [4.69, 9.17) is 9.47 Å². The van der Waals surface area contributed by atoms with Crippen molar-refractivity contribution in [3.63, 3.8) is 0 Å². The molecule has 1 aliphatic heterocycles. The van der Waals surface area contributed by atoms with Crippen LogP contribution in [0.3, 0.4) is 0 Å². The Bertz CT molecular complexity index is 485. The molecule has 0 unspecified atom stereocenters. The summed E-state index contributed by atoms with van der Waals surface area (Å²) in [7, 11) is 1.65. The highest BCUT2D eigenvalue weighted by molar-refractivity contribution is 9.10. The molecule has 2 rings (SSSR count). The summed E-state index contributed by atoms with van der Waals surface area (Å²) in [4.78, 5) is 12.5. The van der Waals surface area contributed by atoms with Gasteiger partial charge in [-0.3, -0.25) is 4.79 Å². The van der Waals surface area contributed by atoms with E-state index in [1.54, 1.807) is 7.11 Å². The van der Waals surface area contributed by atoms with Gasteiger partial charge in [0, 0.05) is 11.6 Å². The highest BCUT2D eigenvalue weighted by Crippen LogP contribution is 2.29. The van der Waals surface area contributed by atoms with Crippen LogP contribution >= 0.6 is 15.9 Å². The molecule has 0 spiro atoms. The summed E-state index contributed by atoms with van der Waals surface area (Å²) >= 11 is 3.40. The maximum absolute atomic E-state index is 12.5. The Morgan fingerprint density at radius 2 is 2.18 bits per heavy atom. The zero-order chi connectivity index (χ0) is 15.8. The van der Waals surface area contributed by atoms with Crippen LogP contribution in [0.25, 0.3) is 0 Å². The molecule has 1 amide bonds. The van der Waals surface area contributed by atoms with Crippen molar-refractivity contribution in [2.45, 2.75) is 12.8 Å². The molecule has 1 fully saturated rings. The number of amides is 1. The summed E-state index contributed by atoms with van der Waals surface area (Å²) in [6, 6.07) is 7.66. The van der Waals surface area contributed by atoms with E-state index in [9.17, 15) is 4.79 Å². The van der Waals surface area contributed by atoms with Gasteiger partial charge in [-0.05, 0) is 44.1 Å². The lowest BCUT2D eigenvalue weighted by Gasteiger charge is -2.35. The molecule has 6 heteroatoms. The van der Waals surface area contributed by atoms with Gasteiger partial charge in [-0.1, -0.05) is 22.0 Å². The molecule has 0 atom stereocenters. The van der Waals surface area contributed by atoms with E-state index in [0.717, 1.165) is 36.2 Å². The highest BCUT2D eigenvalue weighted by Gasteiger charge is 2.39. The Labute approximate surface area is 139 Å². The van der Waals surface area contributed by atoms with E-state index in [1.165, 1.54) is 0 Å². The minimum absolute atomic E-state index is 0.0636. The van der Waals surface area contributed by atoms with Crippen LogP contribution in [0.1, 0.15) is 12.8 Å². The van der Waals surface area contributed by atoms with Crippen molar-refractivity contribution in [2.24, 2.45) is 5.41 Å². The van der Waals surface area contributed by atoms with Gasteiger partial charge in [0.1, 0.15) is 12.4 Å². The summed E-state index contributed by atoms with van der Waals surface area (Å²) in [6.45, 7) is 3.11. The number of benzene rings is 1. The molecule has 1 aliphatic rings. The number of hydrogen-bond acceptors (Lipinski definition) is 4. The van der Waals surface area contributed by atoms with E-state index in [0.29, 0.717) is 19.8 Å². The molecule has 0 bridgehead atoms. The van der Waals surface area contributed by atoms with Crippen molar-refractivity contribution in [1.29, 1.82) is 0 Å². The van der Waals surface area contributed by atoms with Gasteiger partial charge in [0.15, 0.2) is 0 Å². The lowest BCUT2D eigenvalue weighted by molar-refractivity contribution is -0.136. The van der Waals surface area contributed by atoms with Crippen molar-refractivity contribution in [2.75, 3.05) is 40.0 Å². The lowest BCUT2D eigenvalue weighted by atomic mass is 9.78. The summed E-state index contributed by atoms with van der Waals surface area (Å²) in [5, 5.41) is 6.26. The fraction of sp³-hybridized carbons (Fsp3) is 0.562. The fourth-order valence-corrected chi connectivity index (χ4v) is 3.07. The smallest absolute Gasteiger partial charge is 0.228 e. The predicted molar refractivity (Wildman–Crippen MR) is 89.1 cm³/mol. The quantitative estimate of drug-likeness (QED) is 0.720. The number of hydrogen-bond donors (Lipinski definition) is 2. The average molecular weight is 371 g/mol. The monoisotopic (exact) mass is 370 g/mol. The lowest BCUT2D eigenvalue weighted by Crippen LogP contribution is -2.50. The zero-order valence-corrected chi connectivity index (χ0v) is 14.4. The Morgan fingerprint density at radius 1 is 1.41 bits per heavy atom. The summed E-state index contributed by atoms with van der Waals surface area (Å²) < 4.78 is 11.9. The van der Waals surface area contributed by atoms with Crippen LogP contribution in [-0.2, 0) is 9.53 Å². The van der Waals surface area contributed by atoms with E-state index < -0.39 is 5.41 Å². The summed E-state index contributed by atoms with van der Waals surface area (Å²) in [5.74, 6) is 0.853. The molecule has 5 nitrogen and oxygen atoms in total. The summed E-state index contributed by atoms with van der Waals surface area (Å²) in [6.07, 6.45) is 1.61. The van der Waals surface area contributed by atoms with E-state index in [2.05, 4.69) is 26.6 Å². The molecule has 0 aromatic heterocycles. The van der Waals surface area contributed by atoms with Gasteiger partial charge in [0.25, 0.3) is 0 Å². The second kappa shape index (κ2) is 8.50. The second-order valence-electron chi connectivity index (χ2n) is 5.53.